The van der Waals surface area contributed by atoms with Gasteiger partial charge in [-0.25, -0.2) is 10.3 Å². The van der Waals surface area contributed by atoms with Gasteiger partial charge in [0.1, 0.15) is 4.91 Å². The number of rotatable bonds is 2. The summed E-state index contributed by atoms with van der Waals surface area (Å²) >= 11 is 0. The molecular formula is CH4KN6O2+. The van der Waals surface area contributed by atoms with Crippen LogP contribution in [0.25, 0.3) is 0 Å². The molecule has 9 heteroatoms. The van der Waals surface area contributed by atoms with E-state index in [1.165, 1.54) is 0 Å². The van der Waals surface area contributed by atoms with Gasteiger partial charge in [0.2, 0.25) is 0 Å². The fourth-order valence-corrected chi connectivity index (χ4v) is 0.297. The van der Waals surface area contributed by atoms with Crippen LogP contribution in [0.2, 0.25) is 0 Å². The van der Waals surface area contributed by atoms with E-state index in [2.05, 4.69) is 20.6 Å². The number of hydrazine groups is 1. The van der Waals surface area contributed by atoms with Crippen molar-refractivity contribution < 1.29 is 10.2 Å². The molecule has 3 N–H and O–H groups in total. The zero-order valence-corrected chi connectivity index (χ0v) is 4.14. The second kappa shape index (κ2) is 4.68. The summed E-state index contributed by atoms with van der Waals surface area (Å²) in [4.78, 5) is 9.76. The average molecular weight is 171 g/mol. The van der Waals surface area contributed by atoms with Crippen molar-refractivity contribution in [3.8, 4) is 0 Å². The van der Waals surface area contributed by atoms with Crippen molar-refractivity contribution >= 4 is 57.3 Å². The average Bonchev–Trinajstić information content (AvgIpc) is 2.15. The van der Waals surface area contributed by atoms with E-state index in [0.717, 1.165) is 0 Å². The van der Waals surface area contributed by atoms with E-state index in [9.17, 15) is 4.91 Å². The van der Waals surface area contributed by atoms with E-state index in [1.54, 1.807) is 0 Å². The molecule has 1 rings (SSSR count). The summed E-state index contributed by atoms with van der Waals surface area (Å²) in [5, 5.41) is 19.1. The molecule has 0 atom stereocenters. The molecule has 0 saturated carbocycles. The van der Waals surface area contributed by atoms with Crippen molar-refractivity contribution in [2.45, 2.75) is 0 Å². The third-order valence-corrected chi connectivity index (χ3v) is 0.547. The molecule has 8 nitrogen and oxygen atoms in total. The number of hydrogen-bond donors (Lipinski definition) is 3. The Morgan fingerprint density at radius 3 is 2.80 bits per heavy atom. The van der Waals surface area contributed by atoms with Gasteiger partial charge in [-0.2, -0.15) is 0 Å². The molecule has 0 aromatic carbocycles. The van der Waals surface area contributed by atoms with Crippen LogP contribution in [0, 0.1) is 4.91 Å². The van der Waals surface area contributed by atoms with E-state index in [1.807, 2.05) is 5.43 Å². The Kier molecular flexibility index (Phi) is 4.64. The van der Waals surface area contributed by atoms with Crippen LogP contribution >= 0.6 is 0 Å². The third-order valence-electron chi connectivity index (χ3n) is 0.547. The normalized spacial score (nSPS) is 8.00. The fraction of sp³-hybridized carbons (Fsp3) is 0. The molecule has 0 aliphatic heterocycles. The summed E-state index contributed by atoms with van der Waals surface area (Å²) < 4.78 is 0. The Bertz CT molecular complexity index is 196. The number of aromatic nitrogens is 4. The number of tetrazole rings is 1. The fourth-order valence-electron chi connectivity index (χ4n) is 0.297. The number of hydrogen-bond acceptors (Lipinski definition) is 4. The van der Waals surface area contributed by atoms with Crippen LogP contribution in [0.4, 0.5) is 5.95 Å². The molecule has 50 valence electrons. The topological polar surface area (TPSA) is 107 Å². The molecule has 0 unspecified atom stereocenters. The first-order valence-corrected chi connectivity index (χ1v) is 1.95. The van der Waals surface area contributed by atoms with Gasteiger partial charge in [0.25, 0.3) is 0 Å². The molecular weight excluding hydrogens is 167 g/mol. The van der Waals surface area contributed by atoms with E-state index < -0.39 is 5.03 Å². The van der Waals surface area contributed by atoms with Crippen molar-refractivity contribution in [3.05, 3.63) is 4.91 Å². The first-order valence-electron chi connectivity index (χ1n) is 1.95. The van der Waals surface area contributed by atoms with Crippen molar-refractivity contribution in [3.63, 3.8) is 0 Å². The molecule has 0 radical (unpaired) electrons. The van der Waals surface area contributed by atoms with E-state index in [4.69, 9.17) is 5.21 Å². The Labute approximate surface area is 97.3 Å². The minimum atomic E-state index is -0.512. The summed E-state index contributed by atoms with van der Waals surface area (Å²) in [7, 11) is 0. The van der Waals surface area contributed by atoms with Crippen LogP contribution < -0.4 is 5.43 Å². The summed E-state index contributed by atoms with van der Waals surface area (Å²) in [6.45, 7) is 0. The predicted molar refractivity (Wildman–Crippen MR) is 30.4 cm³/mol. The maximum atomic E-state index is 9.76. The molecule has 0 aliphatic rings. The molecule has 10 heavy (non-hydrogen) atoms. The van der Waals surface area contributed by atoms with Crippen LogP contribution in [0.5, 0.6) is 0 Å². The Hall–Kier alpha value is -0.0936. The van der Waals surface area contributed by atoms with Gasteiger partial charge in [-0.3, -0.25) is 0 Å². The Balaban J connectivity index is 0.000000810. The van der Waals surface area contributed by atoms with E-state index in [-0.39, 0.29) is 57.3 Å². The molecule has 1 aromatic heterocycles. The second-order valence-electron chi connectivity index (χ2n) is 1.13. The number of nitrogens with zero attached hydrogens (tertiary/aromatic N) is 4. The van der Waals surface area contributed by atoms with Crippen LogP contribution in [0.1, 0.15) is 0 Å². The number of nitrogens with one attached hydrogen (secondary N) is 2. The molecule has 0 amide bonds. The van der Waals surface area contributed by atoms with Crippen LogP contribution in [-0.4, -0.2) is 82.2 Å². The van der Waals surface area contributed by atoms with Gasteiger partial charge < -0.3 is 0 Å². The van der Waals surface area contributed by atoms with Crippen LogP contribution in [-0.2, 0) is 0 Å². The first kappa shape index (κ1) is 9.91. The Morgan fingerprint density at radius 1 is 1.70 bits per heavy atom. The number of H-pyrrole nitrogens is 1. The SMILES string of the molecule is O=[N+](O)Nc1nnn[nH]1.[KH]. The standard InChI is InChI=1S/CH3N6O2.K.H/c8-7(9)4-1-2-5-6-3-1;;/h(H,8,9)(H2,2,3,4,5,6);;/q+1;;. The monoisotopic (exact) mass is 171 g/mol. The van der Waals surface area contributed by atoms with Crippen molar-refractivity contribution in [2.24, 2.45) is 0 Å². The summed E-state index contributed by atoms with van der Waals surface area (Å²) in [5.41, 5.74) is 1.83. The first-order chi connectivity index (χ1) is 4.29. The van der Waals surface area contributed by atoms with E-state index >= 15 is 0 Å². The molecule has 0 saturated heterocycles. The second-order valence-corrected chi connectivity index (χ2v) is 1.13. The van der Waals surface area contributed by atoms with Gasteiger partial charge in [-0.1, -0.05) is 5.10 Å². The quantitative estimate of drug-likeness (QED) is 0.352. The van der Waals surface area contributed by atoms with Crippen molar-refractivity contribution in [2.75, 3.05) is 5.43 Å². The van der Waals surface area contributed by atoms with Gasteiger partial charge in [-0.05, 0) is 15.9 Å². The van der Waals surface area contributed by atoms with Crippen molar-refractivity contribution in [1.29, 1.82) is 0 Å². The van der Waals surface area contributed by atoms with Crippen LogP contribution in [0.15, 0.2) is 0 Å². The van der Waals surface area contributed by atoms with Crippen LogP contribution in [0.3, 0.4) is 0 Å². The summed E-state index contributed by atoms with van der Waals surface area (Å²) in [5.74, 6) is -0.0208. The molecule has 0 bridgehead atoms. The number of anilines is 1. The zero-order chi connectivity index (χ0) is 6.69. The minimum absolute atomic E-state index is 0. The van der Waals surface area contributed by atoms with Gasteiger partial charge in [-0.15, -0.1) is 0 Å². The number of aromatic amines is 1. The van der Waals surface area contributed by atoms with Gasteiger partial charge in [0, 0.05) is 0 Å². The summed E-state index contributed by atoms with van der Waals surface area (Å²) in [6.07, 6.45) is 0. The zero-order valence-electron chi connectivity index (χ0n) is 4.14. The molecule has 0 fully saturated rings. The van der Waals surface area contributed by atoms with Gasteiger partial charge in [0.15, 0.2) is 0 Å². The Morgan fingerprint density at radius 2 is 2.40 bits per heavy atom. The molecule has 1 heterocycles. The molecule has 0 spiro atoms. The van der Waals surface area contributed by atoms with Gasteiger partial charge >= 0.3 is 62.4 Å². The van der Waals surface area contributed by atoms with Gasteiger partial charge in [0.05, 0.1) is 0 Å². The van der Waals surface area contributed by atoms with Crippen molar-refractivity contribution in [1.82, 2.24) is 20.6 Å². The maximum absolute atomic E-state index is 9.76. The van der Waals surface area contributed by atoms with E-state index in [0.29, 0.717) is 0 Å². The molecule has 1 aromatic rings. The molecule has 0 aliphatic carbocycles. The predicted octanol–water partition coefficient (Wildman–Crippen LogP) is -1.95. The summed E-state index contributed by atoms with van der Waals surface area (Å²) in [6, 6.07) is 0. The third kappa shape index (κ3) is 3.17.